The van der Waals surface area contributed by atoms with Crippen LogP contribution < -0.4 is 4.74 Å². The number of phenolic OH excluding ortho intramolecular Hbond substituents is 1. The molecule has 98 valence electrons. The molecule has 0 saturated carbocycles. The summed E-state index contributed by atoms with van der Waals surface area (Å²) in [5.74, 6) is -0.108. The lowest BCUT2D eigenvalue weighted by molar-refractivity contribution is 0.0696. The van der Waals surface area contributed by atoms with E-state index in [1.807, 2.05) is 0 Å². The minimum absolute atomic E-state index is 0.213. The Morgan fingerprint density at radius 2 is 1.84 bits per heavy atom. The van der Waals surface area contributed by atoms with Crippen LogP contribution >= 0.6 is 0 Å². The van der Waals surface area contributed by atoms with Gasteiger partial charge >= 0.3 is 5.97 Å². The van der Waals surface area contributed by atoms with Gasteiger partial charge in [-0.15, -0.1) is 0 Å². The molecule has 0 saturated heterocycles. The molecule has 0 spiro atoms. The fourth-order valence-corrected chi connectivity index (χ4v) is 1.72. The average molecular weight is 258 g/mol. The molecule has 4 heteroatoms. The first-order valence-corrected chi connectivity index (χ1v) is 5.81. The number of benzene rings is 2. The van der Waals surface area contributed by atoms with E-state index in [1.165, 1.54) is 6.07 Å². The number of aromatic hydroxyl groups is 1. The number of carbonyl (C=O) groups is 1. The molecule has 2 aromatic rings. The van der Waals surface area contributed by atoms with Gasteiger partial charge in [-0.1, -0.05) is 12.1 Å². The van der Waals surface area contributed by atoms with Crippen LogP contribution in [0, 0.1) is 6.92 Å². The summed E-state index contributed by atoms with van der Waals surface area (Å²) in [5, 5.41) is 18.1. The van der Waals surface area contributed by atoms with Gasteiger partial charge < -0.3 is 14.9 Å². The van der Waals surface area contributed by atoms with E-state index in [2.05, 4.69) is 0 Å². The third kappa shape index (κ3) is 3.25. The zero-order chi connectivity index (χ0) is 13.8. The number of aromatic carboxylic acids is 1. The fourth-order valence-electron chi connectivity index (χ4n) is 1.72. The van der Waals surface area contributed by atoms with E-state index in [1.54, 1.807) is 43.3 Å². The van der Waals surface area contributed by atoms with Crippen LogP contribution in [0.25, 0.3) is 0 Å². The van der Waals surface area contributed by atoms with E-state index in [0.717, 1.165) is 5.56 Å². The minimum Gasteiger partial charge on any atom is -0.508 e. The van der Waals surface area contributed by atoms with Crippen molar-refractivity contribution in [2.45, 2.75) is 13.5 Å². The highest BCUT2D eigenvalue weighted by molar-refractivity contribution is 5.89. The van der Waals surface area contributed by atoms with E-state index in [0.29, 0.717) is 17.9 Å². The van der Waals surface area contributed by atoms with E-state index in [4.69, 9.17) is 14.9 Å². The van der Waals surface area contributed by atoms with Crippen molar-refractivity contribution in [3.05, 3.63) is 59.2 Å². The van der Waals surface area contributed by atoms with Crippen LogP contribution in [0.3, 0.4) is 0 Å². The smallest absolute Gasteiger partial charge is 0.335 e. The maximum absolute atomic E-state index is 10.9. The van der Waals surface area contributed by atoms with Gasteiger partial charge in [0.05, 0.1) is 5.56 Å². The number of phenols is 1. The van der Waals surface area contributed by atoms with Crippen molar-refractivity contribution in [2.24, 2.45) is 0 Å². The lowest BCUT2D eigenvalue weighted by Crippen LogP contribution is -2.01. The molecule has 2 N–H and O–H groups in total. The number of aryl methyl sites for hydroxylation is 1. The molecule has 0 aliphatic heterocycles. The third-order valence-corrected chi connectivity index (χ3v) is 2.77. The number of carboxylic acids is 1. The maximum Gasteiger partial charge on any atom is 0.335 e. The Kier molecular flexibility index (Phi) is 3.71. The van der Waals surface area contributed by atoms with Crippen molar-refractivity contribution in [3.63, 3.8) is 0 Å². The summed E-state index contributed by atoms with van der Waals surface area (Å²) in [7, 11) is 0. The lowest BCUT2D eigenvalue weighted by atomic mass is 10.1. The van der Waals surface area contributed by atoms with Gasteiger partial charge in [-0.2, -0.15) is 0 Å². The van der Waals surface area contributed by atoms with E-state index in [-0.39, 0.29) is 11.3 Å². The Morgan fingerprint density at radius 1 is 1.16 bits per heavy atom. The Labute approximate surface area is 110 Å². The third-order valence-electron chi connectivity index (χ3n) is 2.77. The molecule has 4 nitrogen and oxygen atoms in total. The number of hydrogen-bond acceptors (Lipinski definition) is 3. The molecule has 0 radical (unpaired) electrons. The predicted octanol–water partition coefficient (Wildman–Crippen LogP) is 2.98. The van der Waals surface area contributed by atoms with Gasteiger partial charge in [0, 0.05) is 0 Å². The monoisotopic (exact) mass is 258 g/mol. The summed E-state index contributed by atoms with van der Waals surface area (Å²) in [4.78, 5) is 10.9. The molecule has 2 rings (SSSR count). The normalized spacial score (nSPS) is 10.2. The first-order chi connectivity index (χ1) is 9.06. The van der Waals surface area contributed by atoms with Gasteiger partial charge in [0.1, 0.15) is 18.1 Å². The second-order valence-electron chi connectivity index (χ2n) is 4.24. The van der Waals surface area contributed by atoms with Crippen molar-refractivity contribution < 1.29 is 19.7 Å². The Bertz CT molecular complexity index is 588. The van der Waals surface area contributed by atoms with Gasteiger partial charge in [-0.05, 0) is 48.4 Å². The van der Waals surface area contributed by atoms with Crippen LogP contribution in [0.2, 0.25) is 0 Å². The molecule has 0 unspecified atom stereocenters. The summed E-state index contributed by atoms with van der Waals surface area (Å²) >= 11 is 0. The van der Waals surface area contributed by atoms with Gasteiger partial charge in [0.2, 0.25) is 0 Å². The highest BCUT2D eigenvalue weighted by Crippen LogP contribution is 2.19. The molecule has 0 fully saturated rings. The van der Waals surface area contributed by atoms with Crippen molar-refractivity contribution in [3.8, 4) is 11.5 Å². The number of ether oxygens (including phenoxy) is 1. The zero-order valence-electron chi connectivity index (χ0n) is 10.5. The first kappa shape index (κ1) is 13.0. The Morgan fingerprint density at radius 3 is 2.42 bits per heavy atom. The number of rotatable bonds is 4. The van der Waals surface area contributed by atoms with Crippen molar-refractivity contribution in [1.82, 2.24) is 0 Å². The minimum atomic E-state index is -0.942. The largest absolute Gasteiger partial charge is 0.508 e. The van der Waals surface area contributed by atoms with E-state index >= 15 is 0 Å². The molecule has 0 atom stereocenters. The van der Waals surface area contributed by atoms with Crippen LogP contribution in [0.4, 0.5) is 0 Å². The van der Waals surface area contributed by atoms with Gasteiger partial charge in [-0.3, -0.25) is 0 Å². The van der Waals surface area contributed by atoms with E-state index < -0.39 is 5.97 Å². The molecule has 2 aromatic carbocycles. The lowest BCUT2D eigenvalue weighted by Gasteiger charge is -2.08. The quantitative estimate of drug-likeness (QED) is 0.884. The summed E-state index contributed by atoms with van der Waals surface area (Å²) in [5.41, 5.74) is 1.87. The standard InChI is InChI=1S/C15H14O4/c1-10-8-13(6-7-14(10)15(17)18)19-9-11-2-4-12(16)5-3-11/h2-8,16H,9H2,1H3,(H,17,18). The average Bonchev–Trinajstić information content (AvgIpc) is 2.37. The van der Waals surface area contributed by atoms with Crippen molar-refractivity contribution in [2.75, 3.05) is 0 Å². The molecule has 0 bridgehead atoms. The second kappa shape index (κ2) is 5.44. The summed E-state index contributed by atoms with van der Waals surface area (Å²) in [6.45, 7) is 2.10. The zero-order valence-corrected chi connectivity index (χ0v) is 10.5. The maximum atomic E-state index is 10.9. The fraction of sp³-hybridized carbons (Fsp3) is 0.133. The van der Waals surface area contributed by atoms with Crippen LogP contribution in [-0.2, 0) is 6.61 Å². The van der Waals surface area contributed by atoms with Crippen molar-refractivity contribution in [1.29, 1.82) is 0 Å². The predicted molar refractivity (Wildman–Crippen MR) is 70.6 cm³/mol. The highest BCUT2D eigenvalue weighted by Gasteiger charge is 2.07. The Hall–Kier alpha value is -2.49. The topological polar surface area (TPSA) is 66.8 Å². The molecule has 0 aromatic heterocycles. The van der Waals surface area contributed by atoms with Gasteiger partial charge in [-0.25, -0.2) is 4.79 Å². The summed E-state index contributed by atoms with van der Waals surface area (Å²) in [6, 6.07) is 11.6. The highest BCUT2D eigenvalue weighted by atomic mass is 16.5. The van der Waals surface area contributed by atoms with Gasteiger partial charge in [0.15, 0.2) is 0 Å². The molecular weight excluding hydrogens is 244 g/mol. The van der Waals surface area contributed by atoms with E-state index in [9.17, 15) is 4.79 Å². The molecule has 19 heavy (non-hydrogen) atoms. The molecular formula is C15H14O4. The van der Waals surface area contributed by atoms with Crippen LogP contribution in [0.1, 0.15) is 21.5 Å². The molecule has 0 amide bonds. The second-order valence-corrected chi connectivity index (χ2v) is 4.24. The first-order valence-electron chi connectivity index (χ1n) is 5.81. The Balaban J connectivity index is 2.06. The molecule has 0 heterocycles. The SMILES string of the molecule is Cc1cc(OCc2ccc(O)cc2)ccc1C(=O)O. The summed E-state index contributed by atoms with van der Waals surface area (Å²) in [6.07, 6.45) is 0. The van der Waals surface area contributed by atoms with Crippen LogP contribution in [0.5, 0.6) is 11.5 Å². The number of hydrogen-bond donors (Lipinski definition) is 2. The summed E-state index contributed by atoms with van der Waals surface area (Å²) < 4.78 is 5.57. The van der Waals surface area contributed by atoms with Crippen LogP contribution in [-0.4, -0.2) is 16.2 Å². The number of carboxylic acid groups (broad SMARTS) is 1. The molecule has 0 aliphatic rings. The van der Waals surface area contributed by atoms with Gasteiger partial charge in [0.25, 0.3) is 0 Å². The van der Waals surface area contributed by atoms with Crippen molar-refractivity contribution >= 4 is 5.97 Å². The van der Waals surface area contributed by atoms with Crippen LogP contribution in [0.15, 0.2) is 42.5 Å². The molecule has 0 aliphatic carbocycles.